The van der Waals surface area contributed by atoms with Gasteiger partial charge in [0.1, 0.15) is 0 Å². The van der Waals surface area contributed by atoms with Gasteiger partial charge in [-0.2, -0.15) is 0 Å². The molecule has 1 aliphatic rings. The first kappa shape index (κ1) is 17.4. The van der Waals surface area contributed by atoms with E-state index in [1.807, 2.05) is 13.8 Å². The number of nitrogens with one attached hydrogen (secondary N) is 1. The molecule has 1 fully saturated rings. The third kappa shape index (κ3) is 4.97. The molecule has 1 aliphatic heterocycles. The van der Waals surface area contributed by atoms with Crippen LogP contribution in [0.4, 0.5) is 0 Å². The second kappa shape index (κ2) is 7.78. The van der Waals surface area contributed by atoms with Crippen LogP contribution in [0.5, 0.6) is 0 Å². The Hall–Kier alpha value is -0.570. The Bertz CT molecular complexity index is 301. The number of carbonyl (C=O) groups is 1. The Morgan fingerprint density at radius 3 is 2.39 bits per heavy atom. The van der Waals surface area contributed by atoms with E-state index >= 15 is 0 Å². The van der Waals surface area contributed by atoms with Crippen molar-refractivity contribution in [2.24, 2.45) is 21.9 Å². The van der Waals surface area contributed by atoms with E-state index in [0.717, 1.165) is 0 Å². The Morgan fingerprint density at radius 1 is 1.39 bits per heavy atom. The van der Waals surface area contributed by atoms with Crippen LogP contribution in [-0.2, 0) is 9.53 Å². The molecule has 0 spiro atoms. The molecule has 6 nitrogen and oxygen atoms in total. The molecule has 0 atom stereocenters. The van der Waals surface area contributed by atoms with Gasteiger partial charge >= 0.3 is 0 Å². The van der Waals surface area contributed by atoms with Crippen LogP contribution in [0.3, 0.4) is 0 Å². The summed E-state index contributed by atoms with van der Waals surface area (Å²) in [6, 6.07) is 0.220. The van der Waals surface area contributed by atoms with Crippen LogP contribution in [0.2, 0.25) is 0 Å². The highest BCUT2D eigenvalue weighted by molar-refractivity contribution is 14.0. The first-order valence-corrected chi connectivity index (χ1v) is 5.90. The zero-order valence-electron chi connectivity index (χ0n) is 10.9. The molecule has 0 aromatic carbocycles. The first-order valence-electron chi connectivity index (χ1n) is 5.90. The standard InChI is InChI=1S/C11H22N4O2.HI/c1-8(2)15-10(13)14-7-11(9(12)16)3-5-17-6-4-11;/h8H,3-7H2,1-2H3,(H2,12,16)(H3,13,14,15);1H. The summed E-state index contributed by atoms with van der Waals surface area (Å²) >= 11 is 0. The van der Waals surface area contributed by atoms with E-state index < -0.39 is 5.41 Å². The van der Waals surface area contributed by atoms with Gasteiger partial charge in [-0.3, -0.25) is 9.79 Å². The van der Waals surface area contributed by atoms with Crippen LogP contribution >= 0.6 is 24.0 Å². The third-order valence-corrected chi connectivity index (χ3v) is 2.96. The maximum atomic E-state index is 11.5. The number of guanidine groups is 1. The SMILES string of the molecule is CC(C)NC(N)=NCC1(C(N)=O)CCOCC1.I. The maximum absolute atomic E-state index is 11.5. The van der Waals surface area contributed by atoms with Crippen molar-refractivity contribution in [1.29, 1.82) is 0 Å². The molecule has 1 saturated heterocycles. The zero-order valence-corrected chi connectivity index (χ0v) is 13.3. The third-order valence-electron chi connectivity index (χ3n) is 2.96. The average Bonchev–Trinajstić information content (AvgIpc) is 2.26. The van der Waals surface area contributed by atoms with Gasteiger partial charge in [-0.05, 0) is 26.7 Å². The molecule has 18 heavy (non-hydrogen) atoms. The number of carbonyl (C=O) groups excluding carboxylic acids is 1. The number of halogens is 1. The summed E-state index contributed by atoms with van der Waals surface area (Å²) in [5, 5.41) is 2.98. The van der Waals surface area contributed by atoms with Gasteiger partial charge in [0.15, 0.2) is 5.96 Å². The monoisotopic (exact) mass is 370 g/mol. The van der Waals surface area contributed by atoms with E-state index in [9.17, 15) is 4.79 Å². The molecule has 106 valence electrons. The van der Waals surface area contributed by atoms with E-state index in [1.165, 1.54) is 0 Å². The first-order chi connectivity index (χ1) is 7.96. The van der Waals surface area contributed by atoms with Crippen molar-refractivity contribution in [3.63, 3.8) is 0 Å². The molecule has 0 bridgehead atoms. The van der Waals surface area contributed by atoms with Gasteiger partial charge in [0.25, 0.3) is 0 Å². The number of aliphatic imine (C=N–C) groups is 1. The van der Waals surface area contributed by atoms with E-state index in [2.05, 4.69) is 10.3 Å². The number of hydrogen-bond acceptors (Lipinski definition) is 3. The van der Waals surface area contributed by atoms with E-state index in [-0.39, 0.29) is 35.9 Å². The summed E-state index contributed by atoms with van der Waals surface area (Å²) in [5.41, 5.74) is 10.6. The smallest absolute Gasteiger partial charge is 0.225 e. The molecule has 0 saturated carbocycles. The van der Waals surface area contributed by atoms with Gasteiger partial charge in [-0.25, -0.2) is 0 Å². The molecule has 1 heterocycles. The van der Waals surface area contributed by atoms with Crippen molar-refractivity contribution in [1.82, 2.24) is 5.32 Å². The Morgan fingerprint density at radius 2 is 1.94 bits per heavy atom. The van der Waals surface area contributed by atoms with E-state index in [1.54, 1.807) is 0 Å². The number of rotatable bonds is 4. The predicted molar refractivity (Wildman–Crippen MR) is 81.9 cm³/mol. The van der Waals surface area contributed by atoms with Crippen LogP contribution in [0, 0.1) is 5.41 Å². The van der Waals surface area contributed by atoms with Gasteiger partial charge < -0.3 is 21.5 Å². The number of amides is 1. The second-order valence-corrected chi connectivity index (χ2v) is 4.76. The summed E-state index contributed by atoms with van der Waals surface area (Å²) < 4.78 is 5.24. The molecule has 0 aromatic heterocycles. The van der Waals surface area contributed by atoms with Crippen molar-refractivity contribution in [3.8, 4) is 0 Å². The number of nitrogens with zero attached hydrogens (tertiary/aromatic N) is 1. The summed E-state index contributed by atoms with van der Waals surface area (Å²) in [5.74, 6) is 0.0361. The topological polar surface area (TPSA) is 103 Å². The van der Waals surface area contributed by atoms with Crippen molar-refractivity contribution in [2.75, 3.05) is 19.8 Å². The van der Waals surface area contributed by atoms with Crippen LogP contribution in [-0.4, -0.2) is 37.7 Å². The summed E-state index contributed by atoms with van der Waals surface area (Å²) in [7, 11) is 0. The summed E-state index contributed by atoms with van der Waals surface area (Å²) in [6.45, 7) is 5.38. The minimum Gasteiger partial charge on any atom is -0.381 e. The zero-order chi connectivity index (χ0) is 12.9. The molecule has 0 aliphatic carbocycles. The maximum Gasteiger partial charge on any atom is 0.225 e. The van der Waals surface area contributed by atoms with Gasteiger partial charge in [0.05, 0.1) is 12.0 Å². The lowest BCUT2D eigenvalue weighted by atomic mass is 9.79. The lowest BCUT2D eigenvalue weighted by Crippen LogP contribution is -2.45. The predicted octanol–water partition coefficient (Wildman–Crippen LogP) is 0.199. The van der Waals surface area contributed by atoms with E-state index in [4.69, 9.17) is 16.2 Å². The average molecular weight is 370 g/mol. The molecule has 0 aromatic rings. The highest BCUT2D eigenvalue weighted by Gasteiger charge is 2.38. The number of ether oxygens (including phenoxy) is 1. The van der Waals surface area contributed by atoms with Crippen LogP contribution < -0.4 is 16.8 Å². The van der Waals surface area contributed by atoms with Crippen LogP contribution in [0.25, 0.3) is 0 Å². The fourth-order valence-corrected chi connectivity index (χ4v) is 1.82. The molecule has 0 radical (unpaired) electrons. The number of hydrogen-bond donors (Lipinski definition) is 3. The molecule has 0 unspecified atom stereocenters. The van der Waals surface area contributed by atoms with Crippen LogP contribution in [0.1, 0.15) is 26.7 Å². The minimum atomic E-state index is -0.596. The number of primary amides is 1. The fraction of sp³-hybridized carbons (Fsp3) is 0.818. The fourth-order valence-electron chi connectivity index (χ4n) is 1.82. The highest BCUT2D eigenvalue weighted by atomic mass is 127. The molecule has 1 amide bonds. The lowest BCUT2D eigenvalue weighted by molar-refractivity contribution is -0.132. The molecular formula is C11H23IN4O2. The molecule has 1 rings (SSSR count). The van der Waals surface area contributed by atoms with Crippen molar-refractivity contribution in [3.05, 3.63) is 0 Å². The molecular weight excluding hydrogens is 347 g/mol. The Labute approximate surface area is 125 Å². The van der Waals surface area contributed by atoms with Gasteiger partial charge in [0.2, 0.25) is 5.91 Å². The Kier molecular flexibility index (Phi) is 7.53. The second-order valence-electron chi connectivity index (χ2n) is 4.76. The highest BCUT2D eigenvalue weighted by Crippen LogP contribution is 2.30. The van der Waals surface area contributed by atoms with Crippen molar-refractivity contribution in [2.45, 2.75) is 32.7 Å². The van der Waals surface area contributed by atoms with Crippen LogP contribution in [0.15, 0.2) is 4.99 Å². The number of nitrogens with two attached hydrogens (primary N) is 2. The largest absolute Gasteiger partial charge is 0.381 e. The molecule has 5 N–H and O–H groups in total. The summed E-state index contributed by atoms with van der Waals surface area (Å²) in [4.78, 5) is 15.8. The van der Waals surface area contributed by atoms with Gasteiger partial charge in [-0.15, -0.1) is 24.0 Å². The van der Waals surface area contributed by atoms with Crippen molar-refractivity contribution >= 4 is 35.8 Å². The normalized spacial score (nSPS) is 19.2. The summed E-state index contributed by atoms with van der Waals surface area (Å²) in [6.07, 6.45) is 1.22. The minimum absolute atomic E-state index is 0. The lowest BCUT2D eigenvalue weighted by Gasteiger charge is -2.32. The van der Waals surface area contributed by atoms with Gasteiger partial charge in [0, 0.05) is 19.3 Å². The van der Waals surface area contributed by atoms with E-state index in [0.29, 0.717) is 38.6 Å². The van der Waals surface area contributed by atoms with Crippen molar-refractivity contribution < 1.29 is 9.53 Å². The molecule has 7 heteroatoms. The Balaban J connectivity index is 0.00000289. The quantitative estimate of drug-likeness (QED) is 0.374. The van der Waals surface area contributed by atoms with Gasteiger partial charge in [-0.1, -0.05) is 0 Å².